The number of hydrogen-bond acceptors (Lipinski definition) is 5. The average molecular weight is 455 g/mol. The molecule has 0 bridgehead atoms. The van der Waals surface area contributed by atoms with E-state index in [0.29, 0.717) is 23.4 Å². The molecule has 0 saturated heterocycles. The Bertz CT molecular complexity index is 1300. The van der Waals surface area contributed by atoms with Crippen LogP contribution in [-0.4, -0.2) is 24.0 Å². The summed E-state index contributed by atoms with van der Waals surface area (Å²) in [7, 11) is 1.54. The van der Waals surface area contributed by atoms with Gasteiger partial charge in [0.1, 0.15) is 5.75 Å². The Morgan fingerprint density at radius 3 is 2.50 bits per heavy atom. The predicted octanol–water partition coefficient (Wildman–Crippen LogP) is 5.41. The molecule has 0 aliphatic carbocycles. The van der Waals surface area contributed by atoms with E-state index in [0.717, 1.165) is 22.2 Å². The molecule has 1 atom stereocenters. The lowest BCUT2D eigenvalue weighted by molar-refractivity contribution is -0.154. The highest BCUT2D eigenvalue weighted by molar-refractivity contribution is 5.97. The largest absolute Gasteiger partial charge is 0.495 e. The highest BCUT2D eigenvalue weighted by Gasteiger charge is 2.26. The summed E-state index contributed by atoms with van der Waals surface area (Å²) in [5, 5.41) is 3.89. The van der Waals surface area contributed by atoms with Crippen LogP contribution in [-0.2, 0) is 20.7 Å². The predicted molar refractivity (Wildman–Crippen MR) is 132 cm³/mol. The number of carbonyl (C=O) groups is 2. The molecule has 1 heterocycles. The van der Waals surface area contributed by atoms with Crippen LogP contribution in [0, 0.1) is 6.92 Å². The van der Waals surface area contributed by atoms with E-state index < -0.39 is 18.0 Å². The number of aryl methyl sites for hydroxylation is 2. The Balaban J connectivity index is 1.48. The fraction of sp³-hybridized carbons (Fsp3) is 0.179. The van der Waals surface area contributed by atoms with Crippen LogP contribution in [0.1, 0.15) is 29.3 Å². The molecule has 0 aliphatic rings. The van der Waals surface area contributed by atoms with E-state index >= 15 is 0 Å². The molecule has 34 heavy (non-hydrogen) atoms. The van der Waals surface area contributed by atoms with Crippen LogP contribution in [0.15, 0.2) is 84.9 Å². The monoisotopic (exact) mass is 454 g/mol. The first-order chi connectivity index (χ1) is 16.5. The van der Waals surface area contributed by atoms with Crippen LogP contribution in [0.25, 0.3) is 10.9 Å². The Hall–Kier alpha value is -4.19. The van der Waals surface area contributed by atoms with Crippen molar-refractivity contribution in [3.05, 3.63) is 102 Å². The molecular formula is C28H26N2O4. The third-order valence-electron chi connectivity index (χ3n) is 5.44. The molecule has 6 heteroatoms. The smallest absolute Gasteiger partial charge is 0.307 e. The SMILES string of the molecule is COc1ccc(C)cc1NC(=O)C(OC(=O)CCc1ccc2ccccc2n1)c1ccccc1. The second-order valence-electron chi connectivity index (χ2n) is 7.97. The molecule has 6 nitrogen and oxygen atoms in total. The zero-order chi connectivity index (χ0) is 23.9. The Labute approximate surface area is 198 Å². The molecule has 1 aromatic heterocycles. The number of nitrogens with zero attached hydrogens (tertiary/aromatic N) is 1. The number of fused-ring (bicyclic) bond motifs is 1. The number of pyridine rings is 1. The summed E-state index contributed by atoms with van der Waals surface area (Å²) in [4.78, 5) is 30.5. The number of para-hydroxylation sites is 1. The summed E-state index contributed by atoms with van der Waals surface area (Å²) < 4.78 is 11.0. The van der Waals surface area contributed by atoms with E-state index in [1.165, 1.54) is 7.11 Å². The summed E-state index contributed by atoms with van der Waals surface area (Å²) in [5.74, 6) is -0.401. The molecule has 0 aliphatic heterocycles. The van der Waals surface area contributed by atoms with Gasteiger partial charge in [-0.25, -0.2) is 0 Å². The minimum Gasteiger partial charge on any atom is -0.495 e. The van der Waals surface area contributed by atoms with E-state index in [2.05, 4.69) is 10.3 Å². The van der Waals surface area contributed by atoms with Gasteiger partial charge >= 0.3 is 5.97 Å². The molecule has 4 aromatic rings. The van der Waals surface area contributed by atoms with Crippen LogP contribution in [0.5, 0.6) is 5.75 Å². The van der Waals surface area contributed by atoms with Gasteiger partial charge in [-0.05, 0) is 36.8 Å². The number of nitrogens with one attached hydrogen (secondary N) is 1. The molecular weight excluding hydrogens is 428 g/mol. The Kier molecular flexibility index (Phi) is 7.18. The summed E-state index contributed by atoms with van der Waals surface area (Å²) in [5.41, 5.74) is 3.74. The van der Waals surface area contributed by atoms with Crippen molar-refractivity contribution in [2.24, 2.45) is 0 Å². The third kappa shape index (κ3) is 5.59. The standard InChI is InChI=1S/C28H26N2O4/c1-19-12-16-25(33-2)24(18-19)30-28(32)27(21-9-4-3-5-10-21)34-26(31)17-15-22-14-13-20-8-6-7-11-23(20)29-22/h3-14,16,18,27H,15,17H2,1-2H3,(H,30,32). The average Bonchev–Trinajstić information content (AvgIpc) is 2.86. The number of hydrogen-bond donors (Lipinski definition) is 1. The highest BCUT2D eigenvalue weighted by atomic mass is 16.5. The number of amides is 1. The number of methoxy groups -OCH3 is 1. The van der Waals surface area contributed by atoms with Gasteiger partial charge in [0.2, 0.25) is 6.10 Å². The normalized spacial score (nSPS) is 11.6. The molecule has 3 aromatic carbocycles. The highest BCUT2D eigenvalue weighted by Crippen LogP contribution is 2.28. The van der Waals surface area contributed by atoms with Gasteiger partial charge in [-0.15, -0.1) is 0 Å². The van der Waals surface area contributed by atoms with Crippen molar-refractivity contribution in [3.63, 3.8) is 0 Å². The van der Waals surface area contributed by atoms with Crippen molar-refractivity contribution in [3.8, 4) is 5.75 Å². The van der Waals surface area contributed by atoms with Gasteiger partial charge in [0.05, 0.1) is 24.7 Å². The van der Waals surface area contributed by atoms with Crippen LogP contribution in [0.4, 0.5) is 5.69 Å². The zero-order valence-corrected chi connectivity index (χ0v) is 19.2. The van der Waals surface area contributed by atoms with Gasteiger partial charge in [-0.2, -0.15) is 0 Å². The maximum Gasteiger partial charge on any atom is 0.307 e. The van der Waals surface area contributed by atoms with Crippen LogP contribution >= 0.6 is 0 Å². The summed E-state index contributed by atoms with van der Waals surface area (Å²) >= 11 is 0. The summed E-state index contributed by atoms with van der Waals surface area (Å²) in [6, 6.07) is 26.2. The number of esters is 1. The molecule has 172 valence electrons. The number of carbonyl (C=O) groups excluding carboxylic acids is 2. The molecule has 0 spiro atoms. The topological polar surface area (TPSA) is 77.5 Å². The number of aromatic nitrogens is 1. The molecule has 1 amide bonds. The van der Waals surface area contributed by atoms with Gasteiger partial charge in [-0.3, -0.25) is 14.6 Å². The lowest BCUT2D eigenvalue weighted by atomic mass is 10.1. The van der Waals surface area contributed by atoms with E-state index in [9.17, 15) is 9.59 Å². The van der Waals surface area contributed by atoms with Crippen LogP contribution < -0.4 is 10.1 Å². The van der Waals surface area contributed by atoms with E-state index in [1.54, 1.807) is 30.3 Å². The minimum atomic E-state index is -1.09. The molecule has 0 fully saturated rings. The van der Waals surface area contributed by atoms with Gasteiger partial charge in [0.25, 0.3) is 5.91 Å². The van der Waals surface area contributed by atoms with Gasteiger partial charge in [0.15, 0.2) is 0 Å². The van der Waals surface area contributed by atoms with Gasteiger partial charge in [-0.1, -0.05) is 60.7 Å². The second kappa shape index (κ2) is 10.6. The minimum absolute atomic E-state index is 0.107. The van der Waals surface area contributed by atoms with Crippen molar-refractivity contribution < 1.29 is 19.1 Å². The first-order valence-corrected chi connectivity index (χ1v) is 11.1. The Morgan fingerprint density at radius 2 is 1.71 bits per heavy atom. The maximum atomic E-state index is 13.2. The zero-order valence-electron chi connectivity index (χ0n) is 19.2. The quantitative estimate of drug-likeness (QED) is 0.360. The number of anilines is 1. The fourth-order valence-corrected chi connectivity index (χ4v) is 3.69. The first kappa shape index (κ1) is 23.0. The number of benzene rings is 3. The van der Waals surface area contributed by atoms with E-state index in [4.69, 9.17) is 9.47 Å². The van der Waals surface area contributed by atoms with Crippen molar-refractivity contribution >= 4 is 28.5 Å². The number of ether oxygens (including phenoxy) is 2. The molecule has 4 rings (SSSR count). The van der Waals surface area contributed by atoms with Crippen molar-refractivity contribution in [1.29, 1.82) is 0 Å². The van der Waals surface area contributed by atoms with Crippen molar-refractivity contribution in [2.45, 2.75) is 25.9 Å². The van der Waals surface area contributed by atoms with Crippen LogP contribution in [0.3, 0.4) is 0 Å². The van der Waals surface area contributed by atoms with Crippen molar-refractivity contribution in [2.75, 3.05) is 12.4 Å². The molecule has 1 unspecified atom stereocenters. The van der Waals surface area contributed by atoms with Crippen molar-refractivity contribution in [1.82, 2.24) is 4.98 Å². The lowest BCUT2D eigenvalue weighted by Crippen LogP contribution is -2.26. The van der Waals surface area contributed by atoms with E-state index in [1.807, 2.05) is 61.5 Å². The van der Waals surface area contributed by atoms with Gasteiger partial charge in [0, 0.05) is 23.1 Å². The summed E-state index contributed by atoms with van der Waals surface area (Å²) in [6.45, 7) is 1.92. The molecule has 0 radical (unpaired) electrons. The third-order valence-corrected chi connectivity index (χ3v) is 5.44. The van der Waals surface area contributed by atoms with E-state index in [-0.39, 0.29) is 6.42 Å². The molecule has 1 N–H and O–H groups in total. The first-order valence-electron chi connectivity index (χ1n) is 11.1. The Morgan fingerprint density at radius 1 is 0.941 bits per heavy atom. The molecule has 0 saturated carbocycles. The lowest BCUT2D eigenvalue weighted by Gasteiger charge is -2.19. The number of rotatable bonds is 8. The van der Waals surface area contributed by atoms with Crippen LogP contribution in [0.2, 0.25) is 0 Å². The van der Waals surface area contributed by atoms with Gasteiger partial charge < -0.3 is 14.8 Å². The fourth-order valence-electron chi connectivity index (χ4n) is 3.69. The summed E-state index contributed by atoms with van der Waals surface area (Å²) in [6.07, 6.45) is -0.572. The second-order valence-corrected chi connectivity index (χ2v) is 7.97. The maximum absolute atomic E-state index is 13.2.